The van der Waals surface area contributed by atoms with Gasteiger partial charge in [-0.05, 0) is 25.1 Å². The van der Waals surface area contributed by atoms with Crippen LogP contribution in [0.1, 0.15) is 17.3 Å². The number of benzene rings is 1. The summed E-state index contributed by atoms with van der Waals surface area (Å²) in [6.07, 6.45) is 2.30. The zero-order chi connectivity index (χ0) is 12.4. The molecule has 0 N–H and O–H groups in total. The standard InChI is InChI=1S/C12H10BrFN2O/c1-2-16-6-8(7-17)12(15-16)10-5-9(13)3-4-11(10)14/h3-7H,2H2,1H3. The number of rotatable bonds is 3. The largest absolute Gasteiger partial charge is 0.298 e. The van der Waals surface area contributed by atoms with Crippen LogP contribution in [0.2, 0.25) is 0 Å². The van der Waals surface area contributed by atoms with E-state index in [-0.39, 0.29) is 0 Å². The Morgan fingerprint density at radius 1 is 1.53 bits per heavy atom. The highest BCUT2D eigenvalue weighted by molar-refractivity contribution is 9.10. The number of aldehydes is 1. The van der Waals surface area contributed by atoms with Crippen LogP contribution in [0, 0.1) is 5.82 Å². The first-order chi connectivity index (χ1) is 8.15. The fraction of sp³-hybridized carbons (Fsp3) is 0.167. The minimum atomic E-state index is -0.391. The van der Waals surface area contributed by atoms with Crippen molar-refractivity contribution < 1.29 is 9.18 Å². The van der Waals surface area contributed by atoms with Gasteiger partial charge in [0.25, 0.3) is 0 Å². The lowest BCUT2D eigenvalue weighted by atomic mass is 10.1. The van der Waals surface area contributed by atoms with Gasteiger partial charge in [0.05, 0.1) is 5.56 Å². The number of halogens is 2. The number of hydrogen-bond acceptors (Lipinski definition) is 2. The van der Waals surface area contributed by atoms with Crippen molar-refractivity contribution in [3.63, 3.8) is 0 Å². The molecule has 88 valence electrons. The smallest absolute Gasteiger partial charge is 0.153 e. The molecule has 0 aliphatic heterocycles. The van der Waals surface area contributed by atoms with Gasteiger partial charge in [0, 0.05) is 22.8 Å². The molecule has 0 fully saturated rings. The van der Waals surface area contributed by atoms with Crippen molar-refractivity contribution in [2.75, 3.05) is 0 Å². The molecule has 0 saturated carbocycles. The first kappa shape index (κ1) is 12.0. The Morgan fingerprint density at radius 2 is 2.29 bits per heavy atom. The molecule has 0 saturated heterocycles. The molecular weight excluding hydrogens is 287 g/mol. The fourth-order valence-electron chi connectivity index (χ4n) is 1.57. The number of nitrogens with zero attached hydrogens (tertiary/aromatic N) is 2. The molecule has 5 heteroatoms. The maximum Gasteiger partial charge on any atom is 0.153 e. The first-order valence-corrected chi connectivity index (χ1v) is 5.93. The molecule has 1 heterocycles. The summed E-state index contributed by atoms with van der Waals surface area (Å²) in [5.74, 6) is -0.391. The van der Waals surface area contributed by atoms with E-state index in [0.29, 0.717) is 29.7 Å². The summed E-state index contributed by atoms with van der Waals surface area (Å²) in [4.78, 5) is 10.9. The van der Waals surface area contributed by atoms with Crippen molar-refractivity contribution in [2.45, 2.75) is 13.5 Å². The number of carbonyl (C=O) groups excluding carboxylic acids is 1. The van der Waals surface area contributed by atoms with Crippen molar-refractivity contribution in [3.8, 4) is 11.3 Å². The van der Waals surface area contributed by atoms with Gasteiger partial charge in [0.1, 0.15) is 11.5 Å². The molecule has 1 aromatic heterocycles. The zero-order valence-electron chi connectivity index (χ0n) is 9.15. The lowest BCUT2D eigenvalue weighted by Crippen LogP contribution is -1.94. The van der Waals surface area contributed by atoms with Crippen LogP contribution in [0.4, 0.5) is 4.39 Å². The SMILES string of the molecule is CCn1cc(C=O)c(-c2cc(Br)ccc2F)n1. The molecule has 0 aliphatic carbocycles. The van der Waals surface area contributed by atoms with E-state index in [2.05, 4.69) is 21.0 Å². The van der Waals surface area contributed by atoms with E-state index in [0.717, 1.165) is 4.47 Å². The Morgan fingerprint density at radius 3 is 2.94 bits per heavy atom. The third-order valence-electron chi connectivity index (χ3n) is 2.42. The van der Waals surface area contributed by atoms with Crippen LogP contribution < -0.4 is 0 Å². The molecule has 3 nitrogen and oxygen atoms in total. The predicted molar refractivity (Wildman–Crippen MR) is 66.4 cm³/mol. The summed E-state index contributed by atoms with van der Waals surface area (Å²) < 4.78 is 16.1. The van der Waals surface area contributed by atoms with Gasteiger partial charge in [0.15, 0.2) is 6.29 Å². The van der Waals surface area contributed by atoms with Crippen molar-refractivity contribution in [3.05, 3.63) is 40.2 Å². The van der Waals surface area contributed by atoms with Gasteiger partial charge in [-0.15, -0.1) is 0 Å². The van der Waals surface area contributed by atoms with Crippen LogP contribution in [0.3, 0.4) is 0 Å². The number of aromatic nitrogens is 2. The number of carbonyl (C=O) groups is 1. The first-order valence-electron chi connectivity index (χ1n) is 5.13. The lowest BCUT2D eigenvalue weighted by Gasteiger charge is -2.01. The molecule has 0 radical (unpaired) electrons. The second-order valence-corrected chi connectivity index (χ2v) is 4.45. The van der Waals surface area contributed by atoms with Gasteiger partial charge in [-0.3, -0.25) is 9.48 Å². The van der Waals surface area contributed by atoms with Crippen molar-refractivity contribution in [2.24, 2.45) is 0 Å². The number of aryl methyl sites for hydroxylation is 1. The Hall–Kier alpha value is -1.49. The van der Waals surface area contributed by atoms with E-state index in [1.54, 1.807) is 23.0 Å². The summed E-state index contributed by atoms with van der Waals surface area (Å²) in [6.45, 7) is 2.54. The van der Waals surface area contributed by atoms with E-state index < -0.39 is 5.82 Å². The minimum absolute atomic E-state index is 0.327. The summed E-state index contributed by atoms with van der Waals surface area (Å²) in [5.41, 5.74) is 1.10. The molecule has 17 heavy (non-hydrogen) atoms. The van der Waals surface area contributed by atoms with Crippen LogP contribution in [-0.4, -0.2) is 16.1 Å². The summed E-state index contributed by atoms with van der Waals surface area (Å²) in [5, 5.41) is 4.20. The average molecular weight is 297 g/mol. The highest BCUT2D eigenvalue weighted by Crippen LogP contribution is 2.27. The Bertz CT molecular complexity index is 566. The highest BCUT2D eigenvalue weighted by Gasteiger charge is 2.14. The molecule has 0 atom stereocenters. The van der Waals surface area contributed by atoms with Crippen molar-refractivity contribution in [1.82, 2.24) is 9.78 Å². The second kappa shape index (κ2) is 4.79. The maximum atomic E-state index is 13.7. The fourth-order valence-corrected chi connectivity index (χ4v) is 1.93. The maximum absolute atomic E-state index is 13.7. The molecule has 2 rings (SSSR count). The Balaban J connectivity index is 2.62. The van der Waals surface area contributed by atoms with Gasteiger partial charge >= 0.3 is 0 Å². The van der Waals surface area contributed by atoms with Crippen molar-refractivity contribution in [1.29, 1.82) is 0 Å². The molecule has 0 unspecified atom stereocenters. The molecular formula is C12H10BrFN2O. The summed E-state index contributed by atoms with van der Waals surface area (Å²) in [6, 6.07) is 4.57. The van der Waals surface area contributed by atoms with Crippen LogP contribution in [-0.2, 0) is 6.54 Å². The Labute approximate surface area is 106 Å². The van der Waals surface area contributed by atoms with Gasteiger partial charge in [-0.25, -0.2) is 4.39 Å². The van der Waals surface area contributed by atoms with E-state index in [1.165, 1.54) is 6.07 Å². The van der Waals surface area contributed by atoms with E-state index in [9.17, 15) is 9.18 Å². The lowest BCUT2D eigenvalue weighted by molar-refractivity contribution is 0.112. The van der Waals surface area contributed by atoms with Crippen LogP contribution in [0.15, 0.2) is 28.9 Å². The van der Waals surface area contributed by atoms with E-state index in [4.69, 9.17) is 0 Å². The van der Waals surface area contributed by atoms with E-state index >= 15 is 0 Å². The second-order valence-electron chi connectivity index (χ2n) is 3.53. The zero-order valence-corrected chi connectivity index (χ0v) is 10.7. The topological polar surface area (TPSA) is 34.9 Å². The molecule has 0 aliphatic rings. The summed E-state index contributed by atoms with van der Waals surface area (Å²) in [7, 11) is 0. The molecule has 0 spiro atoms. The number of hydrogen-bond donors (Lipinski definition) is 0. The Kier molecular flexibility index (Phi) is 3.38. The van der Waals surface area contributed by atoms with Gasteiger partial charge < -0.3 is 0 Å². The van der Waals surface area contributed by atoms with Gasteiger partial charge in [-0.1, -0.05) is 15.9 Å². The normalized spacial score (nSPS) is 10.5. The van der Waals surface area contributed by atoms with Crippen LogP contribution >= 0.6 is 15.9 Å². The quantitative estimate of drug-likeness (QED) is 0.815. The van der Waals surface area contributed by atoms with Gasteiger partial charge in [-0.2, -0.15) is 5.10 Å². The molecule has 0 amide bonds. The molecule has 1 aromatic carbocycles. The molecule has 2 aromatic rings. The average Bonchev–Trinajstić information content (AvgIpc) is 2.75. The summed E-state index contributed by atoms with van der Waals surface area (Å²) >= 11 is 3.27. The van der Waals surface area contributed by atoms with Crippen LogP contribution in [0.25, 0.3) is 11.3 Å². The van der Waals surface area contributed by atoms with Crippen LogP contribution in [0.5, 0.6) is 0 Å². The minimum Gasteiger partial charge on any atom is -0.298 e. The van der Waals surface area contributed by atoms with Gasteiger partial charge in [0.2, 0.25) is 0 Å². The predicted octanol–water partition coefficient (Wildman–Crippen LogP) is 3.28. The molecule has 0 bridgehead atoms. The third kappa shape index (κ3) is 2.29. The monoisotopic (exact) mass is 296 g/mol. The van der Waals surface area contributed by atoms with Crippen molar-refractivity contribution >= 4 is 22.2 Å². The third-order valence-corrected chi connectivity index (χ3v) is 2.92. The van der Waals surface area contributed by atoms with E-state index in [1.807, 2.05) is 6.92 Å². The highest BCUT2D eigenvalue weighted by atomic mass is 79.9.